The van der Waals surface area contributed by atoms with E-state index in [2.05, 4.69) is 27.2 Å². The number of aliphatic imine (C=N–C) groups is 1. The van der Waals surface area contributed by atoms with Crippen molar-refractivity contribution in [3.8, 4) is 0 Å². The molecule has 0 spiro atoms. The smallest absolute Gasteiger partial charge is 0.191 e. The van der Waals surface area contributed by atoms with E-state index in [1.54, 1.807) is 11.3 Å². The van der Waals surface area contributed by atoms with Gasteiger partial charge in [0.05, 0.1) is 11.6 Å². The van der Waals surface area contributed by atoms with Crippen LogP contribution in [0.5, 0.6) is 0 Å². The Hall–Kier alpha value is -0.370. The van der Waals surface area contributed by atoms with Crippen molar-refractivity contribution < 1.29 is 0 Å². The lowest BCUT2D eigenvalue weighted by molar-refractivity contribution is 0.486. The molecule has 102 valence electrons. The maximum atomic E-state index is 5.95. The number of hydrogen-bond donors (Lipinski definition) is 1. The van der Waals surface area contributed by atoms with Crippen molar-refractivity contribution in [3.05, 3.63) is 16.1 Å². The van der Waals surface area contributed by atoms with Crippen LogP contribution >= 0.6 is 35.3 Å². The van der Waals surface area contributed by atoms with E-state index in [1.165, 1.54) is 12.8 Å². The van der Waals surface area contributed by atoms with Crippen molar-refractivity contribution in [1.29, 1.82) is 0 Å². The summed E-state index contributed by atoms with van der Waals surface area (Å²) >= 11 is 1.70. The fourth-order valence-electron chi connectivity index (χ4n) is 1.67. The van der Waals surface area contributed by atoms with Gasteiger partial charge in [0.1, 0.15) is 0 Å². The molecule has 1 fully saturated rings. The molecule has 1 atom stereocenters. The van der Waals surface area contributed by atoms with Crippen LogP contribution < -0.4 is 5.73 Å². The molecular formula is C12H21IN4S. The second kappa shape index (κ2) is 6.70. The maximum Gasteiger partial charge on any atom is 0.191 e. The van der Waals surface area contributed by atoms with Crippen molar-refractivity contribution >= 4 is 41.3 Å². The van der Waals surface area contributed by atoms with Crippen molar-refractivity contribution in [1.82, 2.24) is 9.88 Å². The van der Waals surface area contributed by atoms with Gasteiger partial charge in [-0.2, -0.15) is 0 Å². The van der Waals surface area contributed by atoms with E-state index in [0.29, 0.717) is 17.9 Å². The van der Waals surface area contributed by atoms with Gasteiger partial charge in [-0.25, -0.2) is 4.98 Å². The molecule has 1 heterocycles. The Labute approximate surface area is 130 Å². The lowest BCUT2D eigenvalue weighted by Gasteiger charge is -2.17. The largest absolute Gasteiger partial charge is 0.370 e. The van der Waals surface area contributed by atoms with Crippen LogP contribution in [0.1, 0.15) is 36.4 Å². The summed E-state index contributed by atoms with van der Waals surface area (Å²) < 4.78 is 0. The van der Waals surface area contributed by atoms with Crippen LogP contribution in [0.15, 0.2) is 10.4 Å². The highest BCUT2D eigenvalue weighted by Gasteiger charge is 2.27. The lowest BCUT2D eigenvalue weighted by atomic mass is 10.2. The highest BCUT2D eigenvalue weighted by Crippen LogP contribution is 2.25. The van der Waals surface area contributed by atoms with Crippen LogP contribution in [-0.4, -0.2) is 35.5 Å². The zero-order valence-electron chi connectivity index (χ0n) is 11.1. The Balaban J connectivity index is 0.00000162. The molecule has 4 nitrogen and oxygen atoms in total. The number of nitrogens with two attached hydrogens (primary N) is 1. The quantitative estimate of drug-likeness (QED) is 0.496. The molecule has 0 saturated heterocycles. The molecule has 6 heteroatoms. The number of thiazole rings is 1. The number of aromatic nitrogens is 1. The van der Waals surface area contributed by atoms with Crippen molar-refractivity contribution in [2.45, 2.75) is 38.6 Å². The Kier molecular flexibility index (Phi) is 5.84. The maximum absolute atomic E-state index is 5.95. The first-order chi connectivity index (χ1) is 8.08. The van der Waals surface area contributed by atoms with E-state index >= 15 is 0 Å². The summed E-state index contributed by atoms with van der Waals surface area (Å²) in [7, 11) is 2.02. The molecular weight excluding hydrogens is 359 g/mol. The lowest BCUT2D eigenvalue weighted by Crippen LogP contribution is -2.36. The van der Waals surface area contributed by atoms with Crippen molar-refractivity contribution in [2.24, 2.45) is 10.7 Å². The second-order valence-electron chi connectivity index (χ2n) is 4.77. The monoisotopic (exact) mass is 380 g/mol. The molecule has 1 aliphatic rings. The number of nitrogens with zero attached hydrogens (tertiary/aromatic N) is 3. The molecule has 1 aromatic heterocycles. The molecule has 2 rings (SSSR count). The van der Waals surface area contributed by atoms with Gasteiger partial charge in [-0.05, 0) is 19.8 Å². The first kappa shape index (κ1) is 15.7. The zero-order chi connectivity index (χ0) is 12.4. The van der Waals surface area contributed by atoms with E-state index in [-0.39, 0.29) is 24.0 Å². The van der Waals surface area contributed by atoms with Gasteiger partial charge in [0.2, 0.25) is 0 Å². The highest BCUT2D eigenvalue weighted by molar-refractivity contribution is 14.0. The SMILES string of the molecule is Cc1csc(C(C)CN=C(N)N(C)C2CC2)n1.I. The van der Waals surface area contributed by atoms with Crippen LogP contribution in [-0.2, 0) is 0 Å². The fraction of sp³-hybridized carbons (Fsp3) is 0.667. The summed E-state index contributed by atoms with van der Waals surface area (Å²) in [6.07, 6.45) is 2.49. The van der Waals surface area contributed by atoms with Gasteiger partial charge in [0.25, 0.3) is 0 Å². The third-order valence-corrected chi connectivity index (χ3v) is 4.24. The molecule has 0 radical (unpaired) electrons. The van der Waals surface area contributed by atoms with Gasteiger partial charge in [-0.15, -0.1) is 35.3 Å². The molecule has 0 amide bonds. The van der Waals surface area contributed by atoms with Gasteiger partial charge in [0.15, 0.2) is 5.96 Å². The predicted octanol–water partition coefficient (Wildman–Crippen LogP) is 2.58. The van der Waals surface area contributed by atoms with Gasteiger partial charge in [-0.3, -0.25) is 4.99 Å². The van der Waals surface area contributed by atoms with Crippen LogP contribution in [0.2, 0.25) is 0 Å². The van der Waals surface area contributed by atoms with E-state index in [4.69, 9.17) is 5.73 Å². The van der Waals surface area contributed by atoms with E-state index in [9.17, 15) is 0 Å². The summed E-state index contributed by atoms with van der Waals surface area (Å²) in [5.74, 6) is 1.01. The molecule has 1 saturated carbocycles. The first-order valence-corrected chi connectivity index (χ1v) is 6.90. The number of halogens is 1. The van der Waals surface area contributed by atoms with Crippen LogP contribution in [0, 0.1) is 6.92 Å². The van der Waals surface area contributed by atoms with Crippen molar-refractivity contribution in [2.75, 3.05) is 13.6 Å². The average Bonchev–Trinajstić information content (AvgIpc) is 3.07. The topological polar surface area (TPSA) is 54.5 Å². The van der Waals surface area contributed by atoms with Crippen LogP contribution in [0.3, 0.4) is 0 Å². The van der Waals surface area contributed by atoms with Gasteiger partial charge in [-0.1, -0.05) is 6.92 Å². The molecule has 0 bridgehead atoms. The molecule has 18 heavy (non-hydrogen) atoms. The minimum Gasteiger partial charge on any atom is -0.370 e. The summed E-state index contributed by atoms with van der Waals surface area (Å²) in [5.41, 5.74) is 7.04. The minimum absolute atomic E-state index is 0. The average molecular weight is 380 g/mol. The molecule has 1 unspecified atom stereocenters. The zero-order valence-corrected chi connectivity index (χ0v) is 14.2. The van der Waals surface area contributed by atoms with E-state index in [0.717, 1.165) is 17.2 Å². The Morgan fingerprint density at radius 3 is 2.83 bits per heavy atom. The number of hydrogen-bond acceptors (Lipinski definition) is 3. The second-order valence-corrected chi connectivity index (χ2v) is 5.66. The summed E-state index contributed by atoms with van der Waals surface area (Å²) in [6, 6.07) is 0.621. The molecule has 2 N–H and O–H groups in total. The molecule has 0 aromatic carbocycles. The van der Waals surface area contributed by atoms with Gasteiger partial charge >= 0.3 is 0 Å². The first-order valence-electron chi connectivity index (χ1n) is 6.02. The standard InChI is InChI=1S/C12H20N4S.HI/c1-8(11-15-9(2)7-17-11)6-14-12(13)16(3)10-4-5-10;/h7-8,10H,4-6H2,1-3H3,(H2,13,14);1H. The minimum atomic E-state index is 0. The normalized spacial score (nSPS) is 17.2. The summed E-state index contributed by atoms with van der Waals surface area (Å²) in [4.78, 5) is 11.0. The van der Waals surface area contributed by atoms with E-state index < -0.39 is 0 Å². The fourth-order valence-corrected chi connectivity index (χ4v) is 2.52. The number of guanidine groups is 1. The molecule has 1 aliphatic carbocycles. The third kappa shape index (κ3) is 4.08. The number of rotatable bonds is 4. The molecule has 1 aromatic rings. The highest BCUT2D eigenvalue weighted by atomic mass is 127. The van der Waals surface area contributed by atoms with E-state index in [1.807, 2.05) is 14.0 Å². The van der Waals surface area contributed by atoms with Crippen molar-refractivity contribution in [3.63, 3.8) is 0 Å². The number of aryl methyl sites for hydroxylation is 1. The Morgan fingerprint density at radius 2 is 2.33 bits per heavy atom. The van der Waals surface area contributed by atoms with Gasteiger partial charge < -0.3 is 10.6 Å². The predicted molar refractivity (Wildman–Crippen MR) is 88.0 cm³/mol. The van der Waals surface area contributed by atoms with Crippen LogP contribution in [0.25, 0.3) is 0 Å². The van der Waals surface area contributed by atoms with Gasteiger partial charge in [0, 0.05) is 30.1 Å². The third-order valence-electron chi connectivity index (χ3n) is 3.04. The molecule has 0 aliphatic heterocycles. The summed E-state index contributed by atoms with van der Waals surface area (Å²) in [5, 5.41) is 3.23. The summed E-state index contributed by atoms with van der Waals surface area (Å²) in [6.45, 7) is 4.88. The Bertz CT molecular complexity index is 414. The van der Waals surface area contributed by atoms with Crippen LogP contribution in [0.4, 0.5) is 0 Å². The Morgan fingerprint density at radius 1 is 1.67 bits per heavy atom.